The summed E-state index contributed by atoms with van der Waals surface area (Å²) in [7, 11) is 0. The molecular formula is C20H27N3O2. The lowest BCUT2D eigenvalue weighted by Crippen LogP contribution is -2.36. The molecule has 1 fully saturated rings. The lowest BCUT2D eigenvalue weighted by Gasteiger charge is -2.33. The van der Waals surface area contributed by atoms with Gasteiger partial charge in [-0.3, -0.25) is 0 Å². The zero-order chi connectivity index (χ0) is 17.6. The Morgan fingerprint density at radius 2 is 2.16 bits per heavy atom. The number of nitrogens with one attached hydrogen (secondary N) is 2. The number of carbonyl (C=O) groups excluding carboxylic acids is 1. The van der Waals surface area contributed by atoms with E-state index in [4.69, 9.17) is 4.74 Å². The molecule has 2 unspecified atom stereocenters. The molecule has 2 aromatic rings. The van der Waals surface area contributed by atoms with Gasteiger partial charge in [-0.15, -0.1) is 0 Å². The van der Waals surface area contributed by atoms with E-state index in [1.807, 2.05) is 43.5 Å². The topological polar surface area (TPSA) is 67.0 Å². The Balaban J connectivity index is 1.65. The lowest BCUT2D eigenvalue weighted by atomic mass is 9.78. The normalized spacial score (nSPS) is 21.5. The number of imidazole rings is 1. The molecule has 5 heteroatoms. The number of ether oxygens (including phenoxy) is 1. The lowest BCUT2D eigenvalue weighted by molar-refractivity contribution is 0.125. The molecule has 3 rings (SSSR count). The van der Waals surface area contributed by atoms with Crippen molar-refractivity contribution in [3.63, 3.8) is 0 Å². The fourth-order valence-electron chi connectivity index (χ4n) is 3.72. The van der Waals surface area contributed by atoms with Crippen molar-refractivity contribution in [2.24, 2.45) is 11.8 Å². The van der Waals surface area contributed by atoms with Gasteiger partial charge in [0, 0.05) is 0 Å². The maximum atomic E-state index is 12.4. The molecule has 1 amide bonds. The number of aromatic amines is 1. The summed E-state index contributed by atoms with van der Waals surface area (Å²) in [6.45, 7) is 4.50. The van der Waals surface area contributed by atoms with Crippen molar-refractivity contribution >= 4 is 6.09 Å². The van der Waals surface area contributed by atoms with E-state index in [2.05, 4.69) is 22.2 Å². The van der Waals surface area contributed by atoms with E-state index >= 15 is 0 Å². The zero-order valence-electron chi connectivity index (χ0n) is 15.0. The largest absolute Gasteiger partial charge is 0.445 e. The van der Waals surface area contributed by atoms with Crippen LogP contribution in [0, 0.1) is 18.8 Å². The number of amides is 1. The minimum atomic E-state index is -0.376. The van der Waals surface area contributed by atoms with Crippen LogP contribution in [0.1, 0.15) is 55.7 Å². The summed E-state index contributed by atoms with van der Waals surface area (Å²) in [5, 5.41) is 3.07. The molecule has 0 bridgehead atoms. The number of H-pyrrole nitrogens is 1. The van der Waals surface area contributed by atoms with Crippen LogP contribution in [0.5, 0.6) is 0 Å². The first-order valence-corrected chi connectivity index (χ1v) is 9.10. The molecule has 1 aromatic carbocycles. The van der Waals surface area contributed by atoms with E-state index in [0.717, 1.165) is 29.9 Å². The van der Waals surface area contributed by atoms with Crippen LogP contribution in [0.25, 0.3) is 0 Å². The van der Waals surface area contributed by atoms with E-state index < -0.39 is 0 Å². The smallest absolute Gasteiger partial charge is 0.408 e. The highest BCUT2D eigenvalue weighted by Gasteiger charge is 2.30. The number of carbonyl (C=O) groups is 1. The number of nitrogens with zero attached hydrogens (tertiary/aromatic N) is 1. The number of benzene rings is 1. The van der Waals surface area contributed by atoms with E-state index in [1.165, 1.54) is 12.8 Å². The van der Waals surface area contributed by atoms with E-state index in [9.17, 15) is 4.79 Å². The van der Waals surface area contributed by atoms with Gasteiger partial charge in [0.2, 0.25) is 0 Å². The summed E-state index contributed by atoms with van der Waals surface area (Å²) < 4.78 is 5.42. The van der Waals surface area contributed by atoms with Crippen LogP contribution in [0.2, 0.25) is 0 Å². The van der Waals surface area contributed by atoms with Crippen molar-refractivity contribution in [3.05, 3.63) is 53.6 Å². The van der Waals surface area contributed by atoms with Crippen LogP contribution in [-0.4, -0.2) is 16.1 Å². The standard InChI is InChI=1S/C20H27N3O2/c1-14-7-6-10-17(11-14)19(18-12-21-15(2)22-18)23-20(24)25-13-16-8-4-3-5-9-16/h3-5,8-9,12,14,17,19H,6-7,10-11,13H2,1-2H3,(H,21,22)(H,23,24)/t14-,17?,19?/m1/s1. The number of hydrogen-bond acceptors (Lipinski definition) is 3. The Bertz CT molecular complexity index is 683. The highest BCUT2D eigenvalue weighted by atomic mass is 16.5. The number of alkyl carbamates (subject to hydrolysis) is 1. The highest BCUT2D eigenvalue weighted by molar-refractivity contribution is 5.67. The van der Waals surface area contributed by atoms with E-state index in [1.54, 1.807) is 0 Å². The third kappa shape index (κ3) is 4.84. The Morgan fingerprint density at radius 1 is 1.36 bits per heavy atom. The second kappa shape index (κ2) is 8.19. The first-order valence-electron chi connectivity index (χ1n) is 9.10. The molecule has 3 atom stereocenters. The number of aromatic nitrogens is 2. The molecule has 1 aliphatic carbocycles. The molecule has 2 N–H and O–H groups in total. The SMILES string of the molecule is Cc1ncc(C(NC(=O)OCc2ccccc2)C2CCC[C@@H](C)C2)[nH]1. The van der Waals surface area contributed by atoms with Gasteiger partial charge >= 0.3 is 6.09 Å². The molecule has 1 aliphatic rings. The van der Waals surface area contributed by atoms with Gasteiger partial charge in [0.25, 0.3) is 0 Å². The van der Waals surface area contributed by atoms with Crippen molar-refractivity contribution in [1.29, 1.82) is 0 Å². The fourth-order valence-corrected chi connectivity index (χ4v) is 3.72. The Kier molecular flexibility index (Phi) is 5.74. The minimum absolute atomic E-state index is 0.0766. The summed E-state index contributed by atoms with van der Waals surface area (Å²) in [4.78, 5) is 20.0. The van der Waals surface area contributed by atoms with Crippen LogP contribution < -0.4 is 5.32 Å². The third-order valence-corrected chi connectivity index (χ3v) is 4.99. The van der Waals surface area contributed by atoms with E-state index in [0.29, 0.717) is 11.8 Å². The van der Waals surface area contributed by atoms with E-state index in [-0.39, 0.29) is 18.7 Å². The fraction of sp³-hybridized carbons (Fsp3) is 0.500. The average molecular weight is 341 g/mol. The summed E-state index contributed by atoms with van der Waals surface area (Å²) in [6.07, 6.45) is 6.16. The van der Waals surface area contributed by atoms with Gasteiger partial charge in [-0.1, -0.05) is 50.1 Å². The van der Waals surface area contributed by atoms with Crippen LogP contribution >= 0.6 is 0 Å². The number of hydrogen-bond donors (Lipinski definition) is 2. The third-order valence-electron chi connectivity index (χ3n) is 4.99. The van der Waals surface area contributed by atoms with Crippen molar-refractivity contribution in [1.82, 2.24) is 15.3 Å². The Morgan fingerprint density at radius 3 is 2.84 bits per heavy atom. The van der Waals surface area contributed by atoms with Gasteiger partial charge in [0.15, 0.2) is 0 Å². The molecular weight excluding hydrogens is 314 g/mol. The van der Waals surface area contributed by atoms with Crippen molar-refractivity contribution < 1.29 is 9.53 Å². The monoisotopic (exact) mass is 341 g/mol. The molecule has 0 spiro atoms. The predicted octanol–water partition coefficient (Wildman–Crippen LogP) is 4.51. The summed E-state index contributed by atoms with van der Waals surface area (Å²) in [5.41, 5.74) is 1.95. The number of aryl methyl sites for hydroxylation is 1. The summed E-state index contributed by atoms with van der Waals surface area (Å²) in [6, 6.07) is 9.65. The maximum Gasteiger partial charge on any atom is 0.408 e. The molecule has 1 aromatic heterocycles. The quantitative estimate of drug-likeness (QED) is 0.840. The summed E-state index contributed by atoms with van der Waals surface area (Å²) >= 11 is 0. The molecule has 5 nitrogen and oxygen atoms in total. The van der Waals surface area contributed by atoms with Gasteiger partial charge in [-0.2, -0.15) is 0 Å². The molecule has 1 saturated carbocycles. The second-order valence-electron chi connectivity index (χ2n) is 7.14. The van der Waals surface area contributed by atoms with Gasteiger partial charge in [0.05, 0.1) is 17.9 Å². The molecule has 1 heterocycles. The average Bonchev–Trinajstić information content (AvgIpc) is 3.05. The first kappa shape index (κ1) is 17.5. The van der Waals surface area contributed by atoms with Crippen molar-refractivity contribution in [2.75, 3.05) is 0 Å². The van der Waals surface area contributed by atoms with Gasteiger partial charge in [0.1, 0.15) is 12.4 Å². The van der Waals surface area contributed by atoms with Crippen molar-refractivity contribution in [2.45, 2.75) is 52.2 Å². The Hall–Kier alpha value is -2.30. The molecule has 0 saturated heterocycles. The molecule has 0 aliphatic heterocycles. The van der Waals surface area contributed by atoms with Crippen LogP contribution in [0.4, 0.5) is 4.79 Å². The van der Waals surface area contributed by atoms with Crippen LogP contribution in [0.3, 0.4) is 0 Å². The minimum Gasteiger partial charge on any atom is -0.445 e. The predicted molar refractivity (Wildman–Crippen MR) is 97.0 cm³/mol. The second-order valence-corrected chi connectivity index (χ2v) is 7.14. The van der Waals surface area contributed by atoms with Gasteiger partial charge in [-0.05, 0) is 37.2 Å². The van der Waals surface area contributed by atoms with Crippen LogP contribution in [0.15, 0.2) is 36.5 Å². The van der Waals surface area contributed by atoms with Crippen LogP contribution in [-0.2, 0) is 11.3 Å². The molecule has 25 heavy (non-hydrogen) atoms. The maximum absolute atomic E-state index is 12.4. The first-order chi connectivity index (χ1) is 12.1. The van der Waals surface area contributed by atoms with Gasteiger partial charge < -0.3 is 15.0 Å². The van der Waals surface area contributed by atoms with Crippen molar-refractivity contribution in [3.8, 4) is 0 Å². The Labute approximate surface area is 149 Å². The molecule has 134 valence electrons. The summed E-state index contributed by atoms with van der Waals surface area (Å²) in [5.74, 6) is 1.96. The highest BCUT2D eigenvalue weighted by Crippen LogP contribution is 2.36. The zero-order valence-corrected chi connectivity index (χ0v) is 15.0. The molecule has 0 radical (unpaired) electrons. The number of rotatable bonds is 5. The van der Waals surface area contributed by atoms with Gasteiger partial charge in [-0.25, -0.2) is 9.78 Å².